The maximum Gasteiger partial charge on any atom is 0.227 e. The fourth-order valence-electron chi connectivity index (χ4n) is 19.4. The zero-order valence-corrected chi connectivity index (χ0v) is 73.8. The third-order valence-electron chi connectivity index (χ3n) is 26.3. The monoisotopic (exact) mass is 1790 g/mol. The normalized spacial score (nSPS) is 21.9. The number of hydrogen-bond donors (Lipinski definition) is 4. The summed E-state index contributed by atoms with van der Waals surface area (Å²) in [5.74, 6) is 10.2. The SMILES string of the molecule is C.C.Cc1coc(C2CCN(c3nc4c(c(NC5CCOCC5)n3)S(=O)CC4)CC2)n1.N#CC1(c2ccccc2)CCN(c2nc3c(c(NC4CCOCC4)n2)S(=O)CC3)CC1.O=S1CCc2nc(N3CCC(C4=CCc5ccccc54)CC3)nc(Nc3cccc(F)c3)c21.O=S1CCc2nc(N3CCC(c4cccc(Cl)c4)CC3)nc(NC3CCCCC3)c21. The predicted molar refractivity (Wildman–Crippen MR) is 496 cm³/mol. The van der Waals surface area contributed by atoms with Gasteiger partial charge in [0.15, 0.2) is 11.7 Å². The van der Waals surface area contributed by atoms with E-state index in [1.165, 1.54) is 66.5 Å². The Bertz CT molecular complexity index is 5460. The maximum absolute atomic E-state index is 13.7. The van der Waals surface area contributed by atoms with Crippen molar-refractivity contribution in [2.75, 3.05) is 143 Å². The number of hydrogen-bond acceptors (Lipinski definition) is 25. The number of benzene rings is 4. The highest BCUT2D eigenvalue weighted by Gasteiger charge is 2.40. The number of allylic oxidation sites excluding steroid dienone is 2. The Morgan fingerprint density at radius 2 is 0.928 bits per heavy atom. The van der Waals surface area contributed by atoms with Crippen LogP contribution in [0.25, 0.3) is 5.57 Å². The van der Waals surface area contributed by atoms with Crippen LogP contribution in [-0.4, -0.2) is 182 Å². The smallest absolute Gasteiger partial charge is 0.227 e. The number of nitriles is 1. The number of anilines is 9. The molecule has 0 amide bonds. The van der Waals surface area contributed by atoms with Crippen molar-refractivity contribution < 1.29 is 35.1 Å². The van der Waals surface area contributed by atoms with E-state index in [0.29, 0.717) is 87.6 Å². The summed E-state index contributed by atoms with van der Waals surface area (Å²) in [5, 5.41) is 24.7. The minimum Gasteiger partial charge on any atom is -0.448 e. The summed E-state index contributed by atoms with van der Waals surface area (Å²) < 4.78 is 80.6. The number of nitrogens with zero attached hydrogens (tertiary/aromatic N) is 14. The number of piperidine rings is 4. The summed E-state index contributed by atoms with van der Waals surface area (Å²) in [4.78, 5) is 55.2. The summed E-state index contributed by atoms with van der Waals surface area (Å²) in [6.07, 6.45) is 25.7. The van der Waals surface area contributed by atoms with Gasteiger partial charge < -0.3 is 54.8 Å². The van der Waals surface area contributed by atoms with Crippen LogP contribution in [0.15, 0.2) is 139 Å². The topological polar surface area (TPSA) is 301 Å². The van der Waals surface area contributed by atoms with Gasteiger partial charge in [-0.3, -0.25) is 16.8 Å². The lowest BCUT2D eigenvalue weighted by molar-refractivity contribution is 0.0902. The van der Waals surface area contributed by atoms with Crippen LogP contribution in [0, 0.1) is 30.0 Å². The highest BCUT2D eigenvalue weighted by molar-refractivity contribution is 7.86. The van der Waals surface area contributed by atoms with Gasteiger partial charge in [-0.05, 0) is 173 Å². The van der Waals surface area contributed by atoms with Crippen molar-refractivity contribution >= 4 is 113 Å². The van der Waals surface area contributed by atoms with Gasteiger partial charge in [-0.1, -0.05) is 125 Å². The predicted octanol–water partition coefficient (Wildman–Crippen LogP) is 16.3. The Morgan fingerprint density at radius 3 is 1.41 bits per heavy atom. The number of aryl methyl sites for hydroxylation is 5. The average molecular weight is 1790 g/mol. The number of nitrogens with one attached hydrogen (secondary N) is 4. The molecule has 4 atom stereocenters. The molecular formula is C94H116ClFN18O7S4. The van der Waals surface area contributed by atoms with E-state index >= 15 is 0 Å². The summed E-state index contributed by atoms with van der Waals surface area (Å²) in [6.45, 7) is 11.8. The van der Waals surface area contributed by atoms with E-state index in [0.717, 1.165) is 271 Å². The fraction of sp³-hybridized carbons (Fsp3) is 0.511. The summed E-state index contributed by atoms with van der Waals surface area (Å²) in [6, 6.07) is 36.9. The Morgan fingerprint density at radius 1 is 0.480 bits per heavy atom. The van der Waals surface area contributed by atoms with Crippen LogP contribution in [0.2, 0.25) is 5.02 Å². The van der Waals surface area contributed by atoms with Crippen molar-refractivity contribution in [3.63, 3.8) is 0 Å². The first-order valence-electron chi connectivity index (χ1n) is 44.3. The molecule has 0 bridgehead atoms. The number of oxazole rings is 1. The molecule has 15 heterocycles. The molecule has 2 aliphatic carbocycles. The molecule has 1 saturated carbocycles. The van der Waals surface area contributed by atoms with Gasteiger partial charge in [0.1, 0.15) is 49.1 Å². The van der Waals surface area contributed by atoms with Gasteiger partial charge in [0.05, 0.1) is 83.2 Å². The number of ether oxygens (including phenoxy) is 2. The van der Waals surface area contributed by atoms with Gasteiger partial charge in [-0.2, -0.15) is 25.2 Å². The Balaban J connectivity index is 0.000000122. The Hall–Kier alpha value is -9.22. The second-order valence-corrected chi connectivity index (χ2v) is 40.7. The second kappa shape index (κ2) is 40.8. The van der Waals surface area contributed by atoms with Crippen LogP contribution in [0.4, 0.5) is 57.1 Å². The van der Waals surface area contributed by atoms with Crippen molar-refractivity contribution in [2.45, 2.75) is 218 Å². The fourth-order valence-corrected chi connectivity index (χ4v) is 24.8. The molecule has 4 unspecified atom stereocenters. The van der Waals surface area contributed by atoms with E-state index in [4.69, 9.17) is 65.4 Å². The van der Waals surface area contributed by atoms with Gasteiger partial charge >= 0.3 is 0 Å². The van der Waals surface area contributed by atoms with Crippen molar-refractivity contribution in [3.05, 3.63) is 183 Å². The second-order valence-electron chi connectivity index (χ2n) is 34.2. The van der Waals surface area contributed by atoms with Gasteiger partial charge in [0.2, 0.25) is 23.8 Å². The Labute approximate surface area is 748 Å². The van der Waals surface area contributed by atoms with Crippen molar-refractivity contribution in [2.24, 2.45) is 5.92 Å². The molecule has 4 N–H and O–H groups in total. The van der Waals surface area contributed by atoms with Crippen molar-refractivity contribution in [1.82, 2.24) is 44.9 Å². The molecule has 125 heavy (non-hydrogen) atoms. The van der Waals surface area contributed by atoms with Gasteiger partial charge in [0, 0.05) is 162 Å². The highest BCUT2D eigenvalue weighted by atomic mass is 35.5. The van der Waals surface area contributed by atoms with E-state index in [1.807, 2.05) is 37.3 Å². The van der Waals surface area contributed by atoms with Gasteiger partial charge in [-0.15, -0.1) is 0 Å². The zero-order valence-electron chi connectivity index (χ0n) is 69.8. The standard InChI is InChI=1S/C26H25FN4OS.C23H29ClN4OS.C23H27N5O2S.C20H27N5O3S.2CH4/c27-19-5-3-6-20(16-19)28-25-24-23(12-15-33(24)32)29-26(30-25)31-13-10-18(11-14-31)22-9-8-17-4-1-2-7-21(17)22;24-18-6-4-5-17(15-18)16-9-12-28(13-10-16)23-26-20-11-14-30(29)21(20)22(27-23)25-19-7-2-1-3-8-19;24-16-23(17-4-2-1-3-5-17)9-11-28(12-10-23)22-26-19-8-15-31(29)20(19)21(27-22)25-18-6-13-30-14-7-18;1-13-12-28-19(21-13)14-2-7-25(8-3-14)20-23-16-6-11-29(26)17(16)18(24-20)22-15-4-9-27-10-5-15;;/h1-7,9,16,18H,8,10-15H2,(H,28,29,30);4-6,15-16,19H,1-3,7-14H2,(H,25,26,27);1-5,18H,6-15H2,(H,25,26,27);12,14-15H,2-11H2,1H3,(H,22,23,24);2*1H4. The van der Waals surface area contributed by atoms with E-state index in [2.05, 4.69) is 107 Å². The number of fused-ring (bicyclic) bond motifs is 5. The van der Waals surface area contributed by atoms with Crippen LogP contribution in [0.5, 0.6) is 0 Å². The van der Waals surface area contributed by atoms with Crippen molar-refractivity contribution in [3.8, 4) is 6.07 Å². The minimum absolute atomic E-state index is 0. The molecule has 6 saturated heterocycles. The molecule has 0 radical (unpaired) electrons. The van der Waals surface area contributed by atoms with E-state index in [9.17, 15) is 26.5 Å². The van der Waals surface area contributed by atoms with Gasteiger partial charge in [0.25, 0.3) is 0 Å². The number of aromatic nitrogens is 9. The third-order valence-corrected chi connectivity index (χ3v) is 32.3. The van der Waals surface area contributed by atoms with E-state index in [1.54, 1.807) is 18.4 Å². The lowest BCUT2D eigenvalue weighted by Crippen LogP contribution is -2.42. The van der Waals surface area contributed by atoms with Crippen molar-refractivity contribution in [1.29, 1.82) is 5.26 Å². The molecule has 10 aliphatic heterocycles. The highest BCUT2D eigenvalue weighted by Crippen LogP contribution is 2.44. The zero-order chi connectivity index (χ0) is 83.9. The molecule has 21 rings (SSSR count). The first-order chi connectivity index (χ1) is 60.2. The summed E-state index contributed by atoms with van der Waals surface area (Å²) in [5.41, 5.74) is 11.5. The molecule has 4 aromatic carbocycles. The molecule has 31 heteroatoms. The third kappa shape index (κ3) is 20.5. The first-order valence-corrected chi connectivity index (χ1v) is 49.9. The summed E-state index contributed by atoms with van der Waals surface area (Å²) >= 11 is 6.19. The van der Waals surface area contributed by atoms with Crippen LogP contribution in [-0.2, 0) is 90.2 Å². The molecule has 12 aliphatic rings. The van der Waals surface area contributed by atoms with Crippen LogP contribution in [0.1, 0.15) is 192 Å². The minimum atomic E-state index is -1.14. The summed E-state index contributed by atoms with van der Waals surface area (Å²) in [7, 11) is -4.17. The first kappa shape index (κ1) is 89.2. The van der Waals surface area contributed by atoms with Crippen LogP contribution in [0.3, 0.4) is 0 Å². The molecule has 0 spiro atoms. The van der Waals surface area contributed by atoms with Crippen LogP contribution < -0.4 is 40.9 Å². The van der Waals surface area contributed by atoms with Crippen LogP contribution >= 0.6 is 11.6 Å². The number of halogens is 2. The Kier molecular flexibility index (Phi) is 29.1. The lowest BCUT2D eigenvalue weighted by Gasteiger charge is -2.38. The van der Waals surface area contributed by atoms with E-state index in [-0.39, 0.29) is 26.7 Å². The quantitative estimate of drug-likeness (QED) is 0.0698. The largest absolute Gasteiger partial charge is 0.448 e. The molecule has 5 aromatic heterocycles. The molecule has 7 fully saturated rings. The van der Waals surface area contributed by atoms with E-state index < -0.39 is 48.6 Å². The maximum atomic E-state index is 13.7. The molecule has 25 nitrogen and oxygen atoms in total. The lowest BCUT2D eigenvalue weighted by atomic mass is 9.74. The molecule has 9 aromatic rings. The molecular weight excluding hydrogens is 1680 g/mol. The average Bonchev–Trinajstić information content (AvgIpc) is 1.67. The van der Waals surface area contributed by atoms with Gasteiger partial charge in [-0.25, -0.2) is 29.3 Å². The molecule has 662 valence electrons. The number of rotatable bonds is 16.